The lowest BCUT2D eigenvalue weighted by molar-refractivity contribution is 0.0999. The van der Waals surface area contributed by atoms with E-state index >= 15 is 0 Å². The third-order valence-corrected chi connectivity index (χ3v) is 1.27. The number of aromatic nitrogens is 2. The highest BCUT2D eigenvalue weighted by molar-refractivity contribution is 5.93. The number of rotatable bonds is 1. The van der Waals surface area contributed by atoms with Crippen molar-refractivity contribution in [1.82, 2.24) is 9.97 Å². The van der Waals surface area contributed by atoms with Gasteiger partial charge in [0.25, 0.3) is 5.91 Å². The number of carbonyl (C=O) groups excluding carboxylic acids is 1. The largest absolute Gasteiger partial charge is 0.365 e. The highest BCUT2D eigenvalue weighted by atomic mass is 16.1. The number of amides is 1. The molecule has 1 rings (SSSR count). The topological polar surface area (TPSA) is 88.8 Å². The van der Waals surface area contributed by atoms with Crippen LogP contribution in [-0.4, -0.2) is 15.9 Å². The third kappa shape index (κ3) is 1.43. The van der Waals surface area contributed by atoms with Gasteiger partial charge in [0, 0.05) is 11.9 Å². The van der Waals surface area contributed by atoms with Crippen molar-refractivity contribution < 1.29 is 4.79 Å². The lowest BCUT2D eigenvalue weighted by Gasteiger charge is -1.96. The van der Waals surface area contributed by atoms with Gasteiger partial charge in [-0.1, -0.05) is 0 Å². The Kier molecular flexibility index (Phi) is 1.72. The number of nitrogens with one attached hydrogen (secondary N) is 1. The van der Waals surface area contributed by atoms with Gasteiger partial charge < -0.3 is 10.7 Å². The van der Waals surface area contributed by atoms with Gasteiger partial charge in [-0.15, -0.1) is 0 Å². The Labute approximate surface area is 62.3 Å². The summed E-state index contributed by atoms with van der Waals surface area (Å²) in [5.74, 6) is -0.591. The first-order valence-corrected chi connectivity index (χ1v) is 2.97. The van der Waals surface area contributed by atoms with Gasteiger partial charge >= 0.3 is 5.69 Å². The molecule has 0 unspecified atom stereocenters. The summed E-state index contributed by atoms with van der Waals surface area (Å²) in [4.78, 5) is 26.8. The van der Waals surface area contributed by atoms with Crippen molar-refractivity contribution in [3.63, 3.8) is 0 Å². The van der Waals surface area contributed by atoms with E-state index in [9.17, 15) is 9.59 Å². The van der Waals surface area contributed by atoms with Gasteiger partial charge in [0.05, 0.1) is 5.56 Å². The SMILES string of the molecule is Cc1[nH]c(=O)ncc1C(N)=O. The predicted octanol–water partition coefficient (Wildman–Crippen LogP) is -0.823. The number of nitrogens with two attached hydrogens (primary N) is 1. The molecule has 1 amide bonds. The molecule has 0 aliphatic heterocycles. The maximum absolute atomic E-state index is 10.6. The normalized spacial score (nSPS) is 9.55. The van der Waals surface area contributed by atoms with Crippen LogP contribution in [0.25, 0.3) is 0 Å². The Morgan fingerprint density at radius 1 is 1.73 bits per heavy atom. The van der Waals surface area contributed by atoms with Crippen LogP contribution in [0.2, 0.25) is 0 Å². The molecule has 3 N–H and O–H groups in total. The molecule has 0 aliphatic rings. The van der Waals surface area contributed by atoms with Gasteiger partial charge in [-0.3, -0.25) is 4.79 Å². The fraction of sp³-hybridized carbons (Fsp3) is 0.167. The second kappa shape index (κ2) is 2.53. The van der Waals surface area contributed by atoms with Gasteiger partial charge in [0.2, 0.25) is 0 Å². The Morgan fingerprint density at radius 2 is 2.36 bits per heavy atom. The second-order valence-electron chi connectivity index (χ2n) is 2.09. The van der Waals surface area contributed by atoms with E-state index in [1.807, 2.05) is 0 Å². The molecule has 58 valence electrons. The van der Waals surface area contributed by atoms with Crippen LogP contribution < -0.4 is 11.4 Å². The molecule has 5 heteroatoms. The maximum Gasteiger partial charge on any atom is 0.345 e. The van der Waals surface area contributed by atoms with Crippen molar-refractivity contribution in [2.24, 2.45) is 5.73 Å². The van der Waals surface area contributed by atoms with Gasteiger partial charge in [0.15, 0.2) is 0 Å². The molecule has 1 heterocycles. The molecule has 0 aliphatic carbocycles. The van der Waals surface area contributed by atoms with Crippen molar-refractivity contribution in [1.29, 1.82) is 0 Å². The minimum absolute atomic E-state index is 0.240. The predicted molar refractivity (Wildman–Crippen MR) is 38.1 cm³/mol. The van der Waals surface area contributed by atoms with Crippen LogP contribution in [0.1, 0.15) is 16.1 Å². The van der Waals surface area contributed by atoms with E-state index in [4.69, 9.17) is 5.73 Å². The maximum atomic E-state index is 10.6. The molecule has 0 fully saturated rings. The minimum Gasteiger partial charge on any atom is -0.365 e. The van der Waals surface area contributed by atoms with Gasteiger partial charge in [-0.25, -0.2) is 9.78 Å². The molecule has 0 atom stereocenters. The van der Waals surface area contributed by atoms with Gasteiger partial charge in [-0.2, -0.15) is 0 Å². The van der Waals surface area contributed by atoms with E-state index < -0.39 is 11.6 Å². The molecule has 0 spiro atoms. The smallest absolute Gasteiger partial charge is 0.345 e. The number of hydrogen-bond donors (Lipinski definition) is 2. The number of nitrogens with zero attached hydrogens (tertiary/aromatic N) is 1. The number of hydrogen-bond acceptors (Lipinski definition) is 3. The van der Waals surface area contributed by atoms with E-state index in [1.165, 1.54) is 0 Å². The Bertz CT molecular complexity index is 342. The summed E-state index contributed by atoms with van der Waals surface area (Å²) in [7, 11) is 0. The third-order valence-electron chi connectivity index (χ3n) is 1.27. The average molecular weight is 153 g/mol. The minimum atomic E-state index is -0.591. The van der Waals surface area contributed by atoms with Crippen LogP contribution in [0.4, 0.5) is 0 Å². The van der Waals surface area contributed by atoms with Crippen molar-refractivity contribution in [2.45, 2.75) is 6.92 Å². The number of aromatic amines is 1. The number of H-pyrrole nitrogens is 1. The molecule has 1 aromatic rings. The van der Waals surface area contributed by atoms with Crippen molar-refractivity contribution in [2.75, 3.05) is 0 Å². The molecular formula is C6H7N3O2. The van der Waals surface area contributed by atoms with Crippen LogP contribution >= 0.6 is 0 Å². The summed E-state index contributed by atoms with van der Waals surface area (Å²) >= 11 is 0. The standard InChI is InChI=1S/C6H7N3O2/c1-3-4(5(7)10)2-8-6(11)9-3/h2H,1H3,(H2,7,10)(H,8,9,11). The van der Waals surface area contributed by atoms with Crippen molar-refractivity contribution in [3.05, 3.63) is 27.9 Å². The van der Waals surface area contributed by atoms with E-state index in [1.54, 1.807) is 6.92 Å². The molecule has 5 nitrogen and oxygen atoms in total. The highest BCUT2D eigenvalue weighted by Crippen LogP contribution is 1.96. The molecule has 0 aromatic carbocycles. The summed E-state index contributed by atoms with van der Waals surface area (Å²) < 4.78 is 0. The van der Waals surface area contributed by atoms with E-state index in [-0.39, 0.29) is 5.56 Å². The summed E-state index contributed by atoms with van der Waals surface area (Å²) in [6.07, 6.45) is 1.16. The molecule has 11 heavy (non-hydrogen) atoms. The van der Waals surface area contributed by atoms with Gasteiger partial charge in [-0.05, 0) is 6.92 Å². The fourth-order valence-corrected chi connectivity index (χ4v) is 0.728. The zero-order chi connectivity index (χ0) is 8.43. The van der Waals surface area contributed by atoms with Crippen molar-refractivity contribution >= 4 is 5.91 Å². The molecule has 0 saturated carbocycles. The first-order valence-electron chi connectivity index (χ1n) is 2.97. The van der Waals surface area contributed by atoms with Crippen LogP contribution in [0.15, 0.2) is 11.0 Å². The number of primary amides is 1. The lowest BCUT2D eigenvalue weighted by Crippen LogP contribution is -2.19. The monoisotopic (exact) mass is 153 g/mol. The molecule has 0 radical (unpaired) electrons. The van der Waals surface area contributed by atoms with E-state index in [0.717, 1.165) is 6.20 Å². The van der Waals surface area contributed by atoms with E-state index in [2.05, 4.69) is 9.97 Å². The van der Waals surface area contributed by atoms with Crippen LogP contribution in [0, 0.1) is 6.92 Å². The first-order chi connectivity index (χ1) is 5.11. The second-order valence-corrected chi connectivity index (χ2v) is 2.09. The molecule has 0 bridgehead atoms. The van der Waals surface area contributed by atoms with Crippen LogP contribution in [-0.2, 0) is 0 Å². The summed E-state index contributed by atoms with van der Waals surface area (Å²) in [6, 6.07) is 0. The quantitative estimate of drug-likeness (QED) is 0.552. The van der Waals surface area contributed by atoms with Gasteiger partial charge in [0.1, 0.15) is 0 Å². The Morgan fingerprint density at radius 3 is 2.82 bits per heavy atom. The van der Waals surface area contributed by atoms with Crippen LogP contribution in [0.5, 0.6) is 0 Å². The Hall–Kier alpha value is -1.65. The fourth-order valence-electron chi connectivity index (χ4n) is 0.728. The number of carbonyl (C=O) groups is 1. The molecular weight excluding hydrogens is 146 g/mol. The zero-order valence-corrected chi connectivity index (χ0v) is 5.92. The summed E-state index contributed by atoms with van der Waals surface area (Å²) in [6.45, 7) is 1.59. The average Bonchev–Trinajstić information content (AvgIpc) is 1.85. The lowest BCUT2D eigenvalue weighted by atomic mass is 10.2. The Balaban J connectivity index is 3.31. The molecule has 0 saturated heterocycles. The molecule has 1 aromatic heterocycles. The zero-order valence-electron chi connectivity index (χ0n) is 5.92. The number of aryl methyl sites for hydroxylation is 1. The summed E-state index contributed by atoms with van der Waals surface area (Å²) in [5.41, 5.74) is 5.17. The highest BCUT2D eigenvalue weighted by Gasteiger charge is 2.04. The first kappa shape index (κ1) is 7.46. The summed E-state index contributed by atoms with van der Waals surface area (Å²) in [5, 5.41) is 0. The van der Waals surface area contributed by atoms with Crippen molar-refractivity contribution in [3.8, 4) is 0 Å². The van der Waals surface area contributed by atoms with E-state index in [0.29, 0.717) is 5.69 Å². The van der Waals surface area contributed by atoms with Crippen LogP contribution in [0.3, 0.4) is 0 Å².